The molecule has 0 unspecified atom stereocenters. The number of ether oxygens (including phenoxy) is 2. The van der Waals surface area contributed by atoms with Crippen molar-refractivity contribution in [1.29, 1.82) is 0 Å². The number of rotatable bonds is 6. The monoisotopic (exact) mass is 422 g/mol. The molecule has 10 nitrogen and oxygen atoms in total. The second-order valence-corrected chi connectivity index (χ2v) is 6.98. The SMILES string of the molecule is CC(=O)c1cc2c(cc1NC(=O)c1ccccc1Cn1nc([N+](=O)[O-])cc1C)OCO2. The van der Waals surface area contributed by atoms with Crippen LogP contribution in [0, 0.1) is 17.0 Å². The van der Waals surface area contributed by atoms with Crippen LogP contribution in [0.4, 0.5) is 11.5 Å². The summed E-state index contributed by atoms with van der Waals surface area (Å²) in [5, 5.41) is 17.7. The number of fused-ring (bicyclic) bond motifs is 1. The summed E-state index contributed by atoms with van der Waals surface area (Å²) in [7, 11) is 0. The van der Waals surface area contributed by atoms with E-state index in [4.69, 9.17) is 9.47 Å². The van der Waals surface area contributed by atoms with Crippen molar-refractivity contribution < 1.29 is 24.0 Å². The van der Waals surface area contributed by atoms with Crippen molar-refractivity contribution in [2.45, 2.75) is 20.4 Å². The van der Waals surface area contributed by atoms with Gasteiger partial charge in [0.2, 0.25) is 6.79 Å². The molecule has 0 fully saturated rings. The van der Waals surface area contributed by atoms with Crippen molar-refractivity contribution in [2.24, 2.45) is 0 Å². The molecule has 1 aliphatic heterocycles. The van der Waals surface area contributed by atoms with Crippen molar-refractivity contribution >= 4 is 23.2 Å². The second kappa shape index (κ2) is 7.90. The minimum Gasteiger partial charge on any atom is -0.454 e. The lowest BCUT2D eigenvalue weighted by molar-refractivity contribution is -0.389. The second-order valence-electron chi connectivity index (χ2n) is 6.98. The van der Waals surface area contributed by atoms with Gasteiger partial charge in [-0.1, -0.05) is 18.2 Å². The van der Waals surface area contributed by atoms with Gasteiger partial charge in [0, 0.05) is 17.2 Å². The Morgan fingerprint density at radius 2 is 1.87 bits per heavy atom. The van der Waals surface area contributed by atoms with E-state index in [1.807, 2.05) is 0 Å². The Labute approximate surface area is 176 Å². The number of carbonyl (C=O) groups is 2. The fourth-order valence-corrected chi connectivity index (χ4v) is 3.31. The van der Waals surface area contributed by atoms with Crippen LogP contribution in [0.5, 0.6) is 11.5 Å². The van der Waals surface area contributed by atoms with Crippen LogP contribution >= 0.6 is 0 Å². The molecule has 0 saturated heterocycles. The lowest BCUT2D eigenvalue weighted by Gasteiger charge is -2.13. The first kappa shape index (κ1) is 20.1. The van der Waals surface area contributed by atoms with E-state index in [-0.39, 0.29) is 24.9 Å². The highest BCUT2D eigenvalue weighted by Gasteiger charge is 2.22. The first-order chi connectivity index (χ1) is 14.8. The Kier molecular flexibility index (Phi) is 5.12. The van der Waals surface area contributed by atoms with Gasteiger partial charge in [-0.25, -0.2) is 0 Å². The van der Waals surface area contributed by atoms with E-state index in [1.54, 1.807) is 43.3 Å². The normalized spacial score (nSPS) is 11.9. The molecule has 2 aromatic carbocycles. The maximum Gasteiger partial charge on any atom is 0.390 e. The molecule has 0 bridgehead atoms. The highest BCUT2D eigenvalue weighted by molar-refractivity contribution is 6.10. The van der Waals surface area contributed by atoms with Gasteiger partial charge in [0.1, 0.15) is 0 Å². The molecule has 3 aromatic rings. The van der Waals surface area contributed by atoms with Crippen LogP contribution in [-0.4, -0.2) is 33.2 Å². The van der Waals surface area contributed by atoms with Crippen molar-refractivity contribution in [3.05, 3.63) is 75.0 Å². The molecule has 1 amide bonds. The molecular weight excluding hydrogens is 404 g/mol. The fraction of sp³-hybridized carbons (Fsp3) is 0.190. The molecule has 1 N–H and O–H groups in total. The topological polar surface area (TPSA) is 126 Å². The first-order valence-corrected chi connectivity index (χ1v) is 9.36. The Balaban J connectivity index is 1.64. The van der Waals surface area contributed by atoms with Crippen molar-refractivity contribution in [2.75, 3.05) is 12.1 Å². The number of hydrogen-bond donors (Lipinski definition) is 1. The minimum atomic E-state index is -0.564. The van der Waals surface area contributed by atoms with Crippen LogP contribution in [-0.2, 0) is 6.54 Å². The number of nitro groups is 1. The summed E-state index contributed by atoms with van der Waals surface area (Å²) < 4.78 is 12.1. The Morgan fingerprint density at radius 1 is 1.16 bits per heavy atom. The van der Waals surface area contributed by atoms with Crippen molar-refractivity contribution in [3.8, 4) is 11.5 Å². The zero-order valence-electron chi connectivity index (χ0n) is 16.7. The number of amides is 1. The maximum absolute atomic E-state index is 13.1. The van der Waals surface area contributed by atoms with Gasteiger partial charge in [-0.3, -0.25) is 9.59 Å². The van der Waals surface area contributed by atoms with E-state index in [9.17, 15) is 19.7 Å². The molecule has 2 heterocycles. The first-order valence-electron chi connectivity index (χ1n) is 9.36. The van der Waals surface area contributed by atoms with Gasteiger partial charge in [-0.05, 0) is 36.5 Å². The summed E-state index contributed by atoms with van der Waals surface area (Å²) >= 11 is 0. The smallest absolute Gasteiger partial charge is 0.390 e. The number of nitrogens with zero attached hydrogens (tertiary/aromatic N) is 3. The molecule has 0 spiro atoms. The summed E-state index contributed by atoms with van der Waals surface area (Å²) in [6, 6.07) is 11.3. The largest absolute Gasteiger partial charge is 0.454 e. The number of ketones is 1. The Morgan fingerprint density at radius 3 is 2.55 bits per heavy atom. The van der Waals surface area contributed by atoms with E-state index >= 15 is 0 Å². The summed E-state index contributed by atoms with van der Waals surface area (Å²) in [6.45, 7) is 3.31. The van der Waals surface area contributed by atoms with E-state index in [0.29, 0.717) is 39.6 Å². The van der Waals surface area contributed by atoms with Gasteiger partial charge >= 0.3 is 5.82 Å². The number of aryl methyl sites for hydroxylation is 1. The standard InChI is InChI=1S/C21H18N4O6/c1-12-7-20(25(28)29)23-24(12)10-14-5-3-4-6-15(14)21(27)22-17-9-19-18(30-11-31-19)8-16(17)13(2)26/h3-9H,10-11H2,1-2H3,(H,22,27). The number of anilines is 1. The molecule has 0 aliphatic carbocycles. The minimum absolute atomic E-state index is 0.0439. The quantitative estimate of drug-likeness (QED) is 0.367. The average molecular weight is 422 g/mol. The number of benzene rings is 2. The zero-order chi connectivity index (χ0) is 22.1. The van der Waals surface area contributed by atoms with Gasteiger partial charge in [0.05, 0.1) is 29.1 Å². The molecule has 4 rings (SSSR count). The summed E-state index contributed by atoms with van der Waals surface area (Å²) in [4.78, 5) is 35.6. The Bertz CT molecular complexity index is 1220. The fourth-order valence-electron chi connectivity index (χ4n) is 3.31. The maximum atomic E-state index is 13.1. The molecule has 0 saturated carbocycles. The summed E-state index contributed by atoms with van der Waals surface area (Å²) in [6.07, 6.45) is 0. The highest BCUT2D eigenvalue weighted by atomic mass is 16.7. The third-order valence-electron chi connectivity index (χ3n) is 4.88. The number of hydrogen-bond acceptors (Lipinski definition) is 7. The Hall–Kier alpha value is -4.21. The van der Waals surface area contributed by atoms with Crippen LogP contribution in [0.25, 0.3) is 0 Å². The third-order valence-corrected chi connectivity index (χ3v) is 4.88. The highest BCUT2D eigenvalue weighted by Crippen LogP contribution is 2.37. The molecular formula is C21H18N4O6. The van der Waals surface area contributed by atoms with Gasteiger partial charge in [0.25, 0.3) is 5.91 Å². The molecule has 10 heteroatoms. The van der Waals surface area contributed by atoms with E-state index < -0.39 is 10.8 Å². The summed E-state index contributed by atoms with van der Waals surface area (Å²) in [5.41, 5.74) is 2.17. The zero-order valence-corrected chi connectivity index (χ0v) is 16.7. The molecule has 158 valence electrons. The number of carbonyl (C=O) groups excluding carboxylic acids is 2. The predicted molar refractivity (Wildman–Crippen MR) is 110 cm³/mol. The number of nitrogens with one attached hydrogen (secondary N) is 1. The van der Waals surface area contributed by atoms with E-state index in [0.717, 1.165) is 0 Å². The van der Waals surface area contributed by atoms with Crippen LogP contribution in [0.3, 0.4) is 0 Å². The molecule has 31 heavy (non-hydrogen) atoms. The number of aromatic nitrogens is 2. The molecule has 0 atom stereocenters. The lowest BCUT2D eigenvalue weighted by Crippen LogP contribution is -2.17. The van der Waals surface area contributed by atoms with Gasteiger partial charge < -0.3 is 24.9 Å². The molecule has 0 radical (unpaired) electrons. The van der Waals surface area contributed by atoms with Crippen LogP contribution in [0.15, 0.2) is 42.5 Å². The third kappa shape index (κ3) is 3.95. The van der Waals surface area contributed by atoms with Crippen LogP contribution in [0.1, 0.15) is 38.9 Å². The van der Waals surface area contributed by atoms with E-state index in [2.05, 4.69) is 10.4 Å². The summed E-state index contributed by atoms with van der Waals surface area (Å²) in [5.74, 6) is -0.0454. The number of Topliss-reactive ketones (excluding diaryl/α,β-unsaturated/α-hetero) is 1. The molecule has 1 aromatic heterocycles. The van der Waals surface area contributed by atoms with Gasteiger partial charge in [-0.15, -0.1) is 0 Å². The average Bonchev–Trinajstić information content (AvgIpc) is 3.34. The van der Waals surface area contributed by atoms with Gasteiger partial charge in [-0.2, -0.15) is 4.68 Å². The van der Waals surface area contributed by atoms with Crippen molar-refractivity contribution in [3.63, 3.8) is 0 Å². The van der Waals surface area contributed by atoms with Gasteiger partial charge in [0.15, 0.2) is 17.3 Å². The van der Waals surface area contributed by atoms with Crippen LogP contribution < -0.4 is 14.8 Å². The predicted octanol–water partition coefficient (Wildman–Crippen LogP) is 3.33. The lowest BCUT2D eigenvalue weighted by atomic mass is 10.0. The molecule has 1 aliphatic rings. The van der Waals surface area contributed by atoms with Crippen molar-refractivity contribution in [1.82, 2.24) is 9.78 Å². The van der Waals surface area contributed by atoms with E-state index in [1.165, 1.54) is 17.7 Å². The van der Waals surface area contributed by atoms with Crippen LogP contribution in [0.2, 0.25) is 0 Å².